The summed E-state index contributed by atoms with van der Waals surface area (Å²) >= 11 is 0. The summed E-state index contributed by atoms with van der Waals surface area (Å²) in [6, 6.07) is 14.9. The zero-order valence-electron chi connectivity index (χ0n) is 16.5. The standard InChI is InChI=1S/C22H25NO5/c1-16(22(25)23(2)15-18-8-6-5-7-9-18)28-21(24)13-11-17-10-12-19(26-3)20(14-17)27-4/h5-14,16H,15H2,1-4H3/b13-11+/t16-/m0/s1. The van der Waals surface area contributed by atoms with Crippen LogP contribution in [0.15, 0.2) is 54.6 Å². The molecule has 0 bridgehead atoms. The van der Waals surface area contributed by atoms with Crippen molar-refractivity contribution in [3.8, 4) is 11.5 Å². The third-order valence-corrected chi connectivity index (χ3v) is 4.10. The molecule has 0 N–H and O–H groups in total. The maximum atomic E-state index is 12.4. The number of hydrogen-bond acceptors (Lipinski definition) is 5. The molecule has 2 aromatic rings. The van der Waals surface area contributed by atoms with Gasteiger partial charge in [-0.25, -0.2) is 4.79 Å². The number of ether oxygens (including phenoxy) is 3. The van der Waals surface area contributed by atoms with E-state index in [2.05, 4.69) is 0 Å². The summed E-state index contributed by atoms with van der Waals surface area (Å²) in [5.74, 6) is 0.299. The van der Waals surface area contributed by atoms with Crippen LogP contribution in [0.5, 0.6) is 11.5 Å². The van der Waals surface area contributed by atoms with E-state index in [0.29, 0.717) is 18.0 Å². The van der Waals surface area contributed by atoms with Crippen LogP contribution in [0, 0.1) is 0 Å². The minimum atomic E-state index is -0.878. The number of amides is 1. The van der Waals surface area contributed by atoms with E-state index in [4.69, 9.17) is 14.2 Å². The van der Waals surface area contributed by atoms with E-state index in [0.717, 1.165) is 11.1 Å². The first-order chi connectivity index (χ1) is 13.4. The third-order valence-electron chi connectivity index (χ3n) is 4.10. The van der Waals surface area contributed by atoms with Gasteiger partial charge in [0.15, 0.2) is 17.6 Å². The SMILES string of the molecule is COc1ccc(/C=C/C(=O)O[C@@H](C)C(=O)N(C)Cc2ccccc2)cc1OC. The molecule has 2 aromatic carbocycles. The fraction of sp³-hybridized carbons (Fsp3) is 0.273. The Morgan fingerprint density at radius 3 is 2.36 bits per heavy atom. The Labute approximate surface area is 165 Å². The van der Waals surface area contributed by atoms with Gasteiger partial charge >= 0.3 is 5.97 Å². The van der Waals surface area contributed by atoms with Crippen molar-refractivity contribution in [3.63, 3.8) is 0 Å². The summed E-state index contributed by atoms with van der Waals surface area (Å²) < 4.78 is 15.6. The van der Waals surface area contributed by atoms with Crippen LogP contribution < -0.4 is 9.47 Å². The molecular formula is C22H25NO5. The molecule has 0 unspecified atom stereocenters. The summed E-state index contributed by atoms with van der Waals surface area (Å²) in [4.78, 5) is 26.0. The quantitative estimate of drug-likeness (QED) is 0.517. The fourth-order valence-corrected chi connectivity index (χ4v) is 2.63. The van der Waals surface area contributed by atoms with Gasteiger partial charge in [-0.2, -0.15) is 0 Å². The van der Waals surface area contributed by atoms with Crippen molar-refractivity contribution in [3.05, 3.63) is 65.7 Å². The van der Waals surface area contributed by atoms with Gasteiger partial charge in [0.2, 0.25) is 0 Å². The van der Waals surface area contributed by atoms with Crippen LogP contribution in [0.4, 0.5) is 0 Å². The Balaban J connectivity index is 1.92. The van der Waals surface area contributed by atoms with E-state index < -0.39 is 12.1 Å². The van der Waals surface area contributed by atoms with Crippen molar-refractivity contribution in [2.24, 2.45) is 0 Å². The second-order valence-corrected chi connectivity index (χ2v) is 6.21. The molecule has 0 heterocycles. The Morgan fingerprint density at radius 2 is 1.71 bits per heavy atom. The lowest BCUT2D eigenvalue weighted by atomic mass is 10.2. The molecule has 28 heavy (non-hydrogen) atoms. The second-order valence-electron chi connectivity index (χ2n) is 6.21. The van der Waals surface area contributed by atoms with Gasteiger partial charge in [0, 0.05) is 19.7 Å². The van der Waals surface area contributed by atoms with Gasteiger partial charge in [-0.05, 0) is 36.3 Å². The first-order valence-corrected chi connectivity index (χ1v) is 8.84. The number of carbonyl (C=O) groups is 2. The molecule has 0 aliphatic heterocycles. The number of esters is 1. The summed E-state index contributed by atoms with van der Waals surface area (Å²) in [7, 11) is 4.77. The molecule has 0 spiro atoms. The van der Waals surface area contributed by atoms with E-state index in [-0.39, 0.29) is 5.91 Å². The van der Waals surface area contributed by atoms with Crippen LogP contribution in [0.1, 0.15) is 18.1 Å². The zero-order valence-corrected chi connectivity index (χ0v) is 16.5. The average molecular weight is 383 g/mol. The van der Waals surface area contributed by atoms with Crippen molar-refractivity contribution in [1.29, 1.82) is 0 Å². The van der Waals surface area contributed by atoms with Crippen molar-refractivity contribution in [1.82, 2.24) is 4.90 Å². The van der Waals surface area contributed by atoms with E-state index in [1.54, 1.807) is 52.5 Å². The molecule has 2 rings (SSSR count). The maximum absolute atomic E-state index is 12.4. The highest BCUT2D eigenvalue weighted by Gasteiger charge is 2.20. The molecule has 0 aliphatic carbocycles. The highest BCUT2D eigenvalue weighted by molar-refractivity contribution is 5.90. The van der Waals surface area contributed by atoms with Gasteiger partial charge in [-0.3, -0.25) is 4.79 Å². The number of hydrogen-bond donors (Lipinski definition) is 0. The van der Waals surface area contributed by atoms with Gasteiger partial charge in [0.25, 0.3) is 5.91 Å². The molecule has 0 fully saturated rings. The van der Waals surface area contributed by atoms with E-state index in [1.165, 1.54) is 11.0 Å². The lowest BCUT2D eigenvalue weighted by Gasteiger charge is -2.21. The summed E-state index contributed by atoms with van der Waals surface area (Å²) in [6.45, 7) is 2.01. The fourth-order valence-electron chi connectivity index (χ4n) is 2.63. The minimum absolute atomic E-state index is 0.267. The van der Waals surface area contributed by atoms with Crippen LogP contribution >= 0.6 is 0 Å². The maximum Gasteiger partial charge on any atom is 0.331 e. The van der Waals surface area contributed by atoms with Crippen molar-refractivity contribution in [2.75, 3.05) is 21.3 Å². The Bertz CT molecular complexity index is 832. The van der Waals surface area contributed by atoms with Crippen molar-refractivity contribution in [2.45, 2.75) is 19.6 Å². The molecule has 0 saturated carbocycles. The van der Waals surface area contributed by atoms with Crippen molar-refractivity contribution >= 4 is 18.0 Å². The van der Waals surface area contributed by atoms with Crippen LogP contribution in [-0.2, 0) is 20.9 Å². The van der Waals surface area contributed by atoms with Crippen LogP contribution in [0.3, 0.4) is 0 Å². The summed E-state index contributed by atoms with van der Waals surface area (Å²) in [5, 5.41) is 0. The predicted molar refractivity (Wildman–Crippen MR) is 107 cm³/mol. The molecule has 0 aromatic heterocycles. The molecule has 0 saturated heterocycles. The molecule has 1 atom stereocenters. The van der Waals surface area contributed by atoms with Gasteiger partial charge in [0.1, 0.15) is 0 Å². The third kappa shape index (κ3) is 5.87. The summed E-state index contributed by atoms with van der Waals surface area (Å²) in [6.07, 6.45) is 1.99. The molecule has 6 heteroatoms. The highest BCUT2D eigenvalue weighted by Crippen LogP contribution is 2.27. The summed E-state index contributed by atoms with van der Waals surface area (Å²) in [5.41, 5.74) is 1.75. The van der Waals surface area contributed by atoms with Gasteiger partial charge < -0.3 is 19.1 Å². The number of likely N-dealkylation sites (N-methyl/N-ethyl adjacent to an activating group) is 1. The number of methoxy groups -OCH3 is 2. The van der Waals surface area contributed by atoms with E-state index in [1.807, 2.05) is 30.3 Å². The van der Waals surface area contributed by atoms with E-state index in [9.17, 15) is 9.59 Å². The van der Waals surface area contributed by atoms with Crippen LogP contribution in [0.2, 0.25) is 0 Å². The predicted octanol–water partition coefficient (Wildman–Crippen LogP) is 3.31. The average Bonchev–Trinajstić information content (AvgIpc) is 2.71. The van der Waals surface area contributed by atoms with Crippen LogP contribution in [-0.4, -0.2) is 44.1 Å². The molecular weight excluding hydrogens is 358 g/mol. The number of benzene rings is 2. The van der Waals surface area contributed by atoms with E-state index >= 15 is 0 Å². The first kappa shape index (κ1) is 21.0. The lowest BCUT2D eigenvalue weighted by Crippen LogP contribution is -2.36. The Hall–Kier alpha value is -3.28. The molecule has 0 aliphatic rings. The Morgan fingerprint density at radius 1 is 1.04 bits per heavy atom. The largest absolute Gasteiger partial charge is 0.493 e. The number of carbonyl (C=O) groups excluding carboxylic acids is 2. The zero-order chi connectivity index (χ0) is 20.5. The monoisotopic (exact) mass is 383 g/mol. The minimum Gasteiger partial charge on any atom is -0.493 e. The normalized spacial score (nSPS) is 11.7. The number of rotatable bonds is 8. The van der Waals surface area contributed by atoms with Gasteiger partial charge in [0.05, 0.1) is 14.2 Å². The Kier molecular flexibility index (Phi) is 7.63. The number of nitrogens with zero attached hydrogens (tertiary/aromatic N) is 1. The van der Waals surface area contributed by atoms with Gasteiger partial charge in [-0.15, -0.1) is 0 Å². The molecule has 148 valence electrons. The lowest BCUT2D eigenvalue weighted by molar-refractivity contribution is -0.154. The first-order valence-electron chi connectivity index (χ1n) is 8.84. The highest BCUT2D eigenvalue weighted by atomic mass is 16.5. The molecule has 1 amide bonds. The van der Waals surface area contributed by atoms with Crippen molar-refractivity contribution < 1.29 is 23.8 Å². The smallest absolute Gasteiger partial charge is 0.331 e. The molecule has 6 nitrogen and oxygen atoms in total. The second kappa shape index (κ2) is 10.2. The van der Waals surface area contributed by atoms with Gasteiger partial charge in [-0.1, -0.05) is 36.4 Å². The van der Waals surface area contributed by atoms with Crippen LogP contribution in [0.25, 0.3) is 6.08 Å². The molecule has 0 radical (unpaired) electrons. The topological polar surface area (TPSA) is 65.1 Å².